The molecule has 0 bridgehead atoms. The fourth-order valence-electron chi connectivity index (χ4n) is 5.39. The number of unbranched alkanes of at least 4 members (excludes halogenated alkanes) is 13. The van der Waals surface area contributed by atoms with Crippen molar-refractivity contribution in [1.82, 2.24) is 0 Å². The van der Waals surface area contributed by atoms with Crippen LogP contribution in [0.2, 0.25) is 0 Å². The average Bonchev–Trinajstić information content (AvgIpc) is 3.08. The predicted octanol–water partition coefficient (Wildman–Crippen LogP) is 10.2. The highest BCUT2D eigenvalue weighted by atomic mass is 16.6. The van der Waals surface area contributed by atoms with Crippen LogP contribution < -0.4 is 0 Å². The molecule has 0 heterocycles. The molecular formula is C43H74NO7+. The van der Waals surface area contributed by atoms with Crippen molar-refractivity contribution in [3.63, 3.8) is 0 Å². The van der Waals surface area contributed by atoms with Gasteiger partial charge in [-0.3, -0.25) is 9.59 Å². The second kappa shape index (κ2) is 34.1. The Balaban J connectivity index is 4.51. The molecule has 0 saturated heterocycles. The number of rotatable bonds is 34. The number of aliphatic carboxylic acids is 1. The standard InChI is InChI=1S/C43H73NO7/c1-6-8-10-12-14-16-18-20-22-24-26-28-30-32-34-42(46)51-39(37-49-36-35-40(43(47)48)44(3,4)5)38-50-41(45)33-31-29-27-25-23-21-19-17-15-13-11-9-7-2/h9,11,13,15,17,19,21-24,39-40H,6-8,10,12,14,16,18,20,25-38H2,1-5H3/p+1/b11-9+,15-13+,19-17+,23-21+,24-22+. The van der Waals surface area contributed by atoms with Crippen molar-refractivity contribution >= 4 is 17.9 Å². The first-order valence-electron chi connectivity index (χ1n) is 19.9. The molecule has 0 aromatic carbocycles. The minimum atomic E-state index is -0.886. The number of allylic oxidation sites excluding steroid dienone is 10. The minimum absolute atomic E-state index is 0.0397. The SMILES string of the molecule is CC/C=C/C=C/C=C/C=C/CCCCCC(=O)OCC(COCCC(C(=O)O)[N+](C)(C)C)OC(=O)CCCCC/C=C/CCCCCCCCC. The second-order valence-electron chi connectivity index (χ2n) is 14.2. The zero-order chi connectivity index (χ0) is 37.8. The number of carboxylic acid groups (broad SMARTS) is 1. The van der Waals surface area contributed by atoms with Crippen LogP contribution in [0.1, 0.15) is 142 Å². The maximum atomic E-state index is 12.7. The second-order valence-corrected chi connectivity index (χ2v) is 14.2. The van der Waals surface area contributed by atoms with Crippen LogP contribution in [0.4, 0.5) is 0 Å². The third-order valence-electron chi connectivity index (χ3n) is 8.50. The molecule has 8 nitrogen and oxygen atoms in total. The Morgan fingerprint density at radius 1 is 0.608 bits per heavy atom. The molecule has 0 rings (SSSR count). The number of ether oxygens (including phenoxy) is 3. The summed E-state index contributed by atoms with van der Waals surface area (Å²) in [7, 11) is 5.49. The molecule has 0 aliphatic rings. The molecule has 0 aromatic rings. The Bertz CT molecular complexity index is 1020. The van der Waals surface area contributed by atoms with E-state index in [9.17, 15) is 19.5 Å². The van der Waals surface area contributed by atoms with Gasteiger partial charge in [-0.1, -0.05) is 126 Å². The number of esters is 2. The van der Waals surface area contributed by atoms with E-state index in [1.807, 2.05) is 57.6 Å². The zero-order valence-electron chi connectivity index (χ0n) is 33.0. The normalized spacial score (nSPS) is 13.7. The van der Waals surface area contributed by atoms with E-state index >= 15 is 0 Å². The van der Waals surface area contributed by atoms with E-state index < -0.39 is 18.1 Å². The van der Waals surface area contributed by atoms with Gasteiger partial charge in [0.05, 0.1) is 34.4 Å². The summed E-state index contributed by atoms with van der Waals surface area (Å²) in [6.07, 6.45) is 39.8. The highest BCUT2D eigenvalue weighted by Crippen LogP contribution is 2.12. The molecule has 0 spiro atoms. The Morgan fingerprint density at radius 2 is 1.12 bits per heavy atom. The lowest BCUT2D eigenvalue weighted by molar-refractivity contribution is -0.887. The van der Waals surface area contributed by atoms with Crippen LogP contribution in [0, 0.1) is 0 Å². The smallest absolute Gasteiger partial charge is 0.362 e. The summed E-state index contributed by atoms with van der Waals surface area (Å²) in [5.41, 5.74) is 0. The summed E-state index contributed by atoms with van der Waals surface area (Å²) < 4.78 is 17.2. The van der Waals surface area contributed by atoms with Gasteiger partial charge < -0.3 is 23.8 Å². The van der Waals surface area contributed by atoms with Gasteiger partial charge >= 0.3 is 17.9 Å². The van der Waals surface area contributed by atoms with Crippen LogP contribution in [-0.2, 0) is 28.6 Å². The monoisotopic (exact) mass is 717 g/mol. The fourth-order valence-corrected chi connectivity index (χ4v) is 5.39. The first-order valence-corrected chi connectivity index (χ1v) is 19.9. The van der Waals surface area contributed by atoms with Crippen molar-refractivity contribution in [2.45, 2.75) is 154 Å². The van der Waals surface area contributed by atoms with Crippen LogP contribution in [-0.4, -0.2) is 80.6 Å². The molecule has 2 atom stereocenters. The van der Waals surface area contributed by atoms with Gasteiger partial charge in [0.25, 0.3) is 0 Å². The maximum Gasteiger partial charge on any atom is 0.362 e. The van der Waals surface area contributed by atoms with E-state index in [0.29, 0.717) is 19.3 Å². The lowest BCUT2D eigenvalue weighted by Crippen LogP contribution is -2.50. The summed E-state index contributed by atoms with van der Waals surface area (Å²) in [5, 5.41) is 9.59. The van der Waals surface area contributed by atoms with E-state index in [2.05, 4.69) is 38.2 Å². The lowest BCUT2D eigenvalue weighted by Gasteiger charge is -2.31. The highest BCUT2D eigenvalue weighted by Gasteiger charge is 2.31. The molecule has 0 aromatic heterocycles. The van der Waals surface area contributed by atoms with Gasteiger partial charge in [-0.05, 0) is 57.8 Å². The van der Waals surface area contributed by atoms with E-state index in [0.717, 1.165) is 64.2 Å². The van der Waals surface area contributed by atoms with Crippen molar-refractivity contribution in [1.29, 1.82) is 0 Å². The molecule has 0 amide bonds. The Labute approximate surface area is 311 Å². The van der Waals surface area contributed by atoms with Crippen molar-refractivity contribution in [2.75, 3.05) is 41.0 Å². The van der Waals surface area contributed by atoms with E-state index in [1.165, 1.54) is 44.9 Å². The number of carbonyl (C=O) groups excluding carboxylic acids is 2. The van der Waals surface area contributed by atoms with Gasteiger partial charge in [0, 0.05) is 19.3 Å². The summed E-state index contributed by atoms with van der Waals surface area (Å²) in [4.78, 5) is 36.8. The largest absolute Gasteiger partial charge is 0.477 e. The van der Waals surface area contributed by atoms with Crippen LogP contribution in [0.15, 0.2) is 60.8 Å². The molecule has 2 unspecified atom stereocenters. The van der Waals surface area contributed by atoms with Crippen molar-refractivity contribution in [3.05, 3.63) is 60.8 Å². The minimum Gasteiger partial charge on any atom is -0.477 e. The average molecular weight is 717 g/mol. The number of hydrogen-bond donors (Lipinski definition) is 1. The summed E-state index contributed by atoms with van der Waals surface area (Å²) >= 11 is 0. The molecule has 8 heteroatoms. The molecule has 292 valence electrons. The molecular weight excluding hydrogens is 642 g/mol. The molecule has 0 fully saturated rings. The predicted molar refractivity (Wildman–Crippen MR) is 211 cm³/mol. The van der Waals surface area contributed by atoms with Crippen LogP contribution in [0.3, 0.4) is 0 Å². The van der Waals surface area contributed by atoms with Crippen molar-refractivity contribution in [2.24, 2.45) is 0 Å². The maximum absolute atomic E-state index is 12.7. The number of likely N-dealkylation sites (N-methyl/N-ethyl adjacent to an activating group) is 1. The Kier molecular flexibility index (Phi) is 32.1. The molecule has 51 heavy (non-hydrogen) atoms. The Hall–Kier alpha value is -2.97. The van der Waals surface area contributed by atoms with Crippen LogP contribution in [0.25, 0.3) is 0 Å². The first-order chi connectivity index (χ1) is 24.6. The number of quaternary nitrogens is 1. The Morgan fingerprint density at radius 3 is 1.69 bits per heavy atom. The number of nitrogens with zero attached hydrogens (tertiary/aromatic N) is 1. The summed E-state index contributed by atoms with van der Waals surface area (Å²) in [5.74, 6) is -1.55. The van der Waals surface area contributed by atoms with Gasteiger partial charge in [0.2, 0.25) is 0 Å². The molecule has 0 aliphatic heterocycles. The van der Waals surface area contributed by atoms with Gasteiger partial charge in [0.15, 0.2) is 12.1 Å². The summed E-state index contributed by atoms with van der Waals surface area (Å²) in [6, 6.07) is -0.624. The quantitative estimate of drug-likeness (QED) is 0.0233. The van der Waals surface area contributed by atoms with Gasteiger partial charge in [-0.25, -0.2) is 4.79 Å². The third-order valence-corrected chi connectivity index (χ3v) is 8.50. The molecule has 0 saturated carbocycles. The number of carboxylic acids is 1. The van der Waals surface area contributed by atoms with Gasteiger partial charge in [-0.15, -0.1) is 0 Å². The number of hydrogen-bond acceptors (Lipinski definition) is 6. The zero-order valence-corrected chi connectivity index (χ0v) is 33.0. The van der Waals surface area contributed by atoms with Crippen molar-refractivity contribution < 1.29 is 38.2 Å². The van der Waals surface area contributed by atoms with E-state index in [4.69, 9.17) is 14.2 Å². The van der Waals surface area contributed by atoms with Crippen LogP contribution >= 0.6 is 0 Å². The summed E-state index contributed by atoms with van der Waals surface area (Å²) in [6.45, 7) is 4.51. The molecule has 0 aliphatic carbocycles. The van der Waals surface area contributed by atoms with Gasteiger partial charge in [-0.2, -0.15) is 0 Å². The topological polar surface area (TPSA) is 99.1 Å². The number of carbonyl (C=O) groups is 3. The third kappa shape index (κ3) is 32.7. The molecule has 1 N–H and O–H groups in total. The van der Waals surface area contributed by atoms with E-state index in [-0.39, 0.29) is 36.2 Å². The fraction of sp³-hybridized carbons (Fsp3) is 0.698. The molecule has 0 radical (unpaired) electrons. The van der Waals surface area contributed by atoms with Crippen LogP contribution in [0.5, 0.6) is 0 Å². The van der Waals surface area contributed by atoms with E-state index in [1.54, 1.807) is 0 Å². The lowest BCUT2D eigenvalue weighted by atomic mass is 10.1. The van der Waals surface area contributed by atoms with Gasteiger partial charge in [0.1, 0.15) is 6.61 Å². The first kappa shape index (κ1) is 48.0. The van der Waals surface area contributed by atoms with Crippen molar-refractivity contribution in [3.8, 4) is 0 Å². The highest BCUT2D eigenvalue weighted by molar-refractivity contribution is 5.72.